The van der Waals surface area contributed by atoms with Crippen LogP contribution < -0.4 is 15.6 Å². The summed E-state index contributed by atoms with van der Waals surface area (Å²) in [5.41, 5.74) is 1.33. The Morgan fingerprint density at radius 2 is 1.79 bits per heavy atom. The lowest BCUT2D eigenvalue weighted by Crippen LogP contribution is -2.49. The Kier molecular flexibility index (Phi) is 6.73. The Morgan fingerprint density at radius 1 is 1.03 bits per heavy atom. The number of morpholine rings is 1. The molecule has 10 nitrogen and oxygen atoms in total. The Labute approximate surface area is 223 Å². The summed E-state index contributed by atoms with van der Waals surface area (Å²) in [7, 11) is 0. The fraction of sp³-hybridized carbons (Fsp3) is 0.407. The van der Waals surface area contributed by atoms with Crippen molar-refractivity contribution in [3.8, 4) is 0 Å². The molecule has 2 aliphatic rings. The maximum absolute atomic E-state index is 13.7. The summed E-state index contributed by atoms with van der Waals surface area (Å²) in [6, 6.07) is 11.6. The van der Waals surface area contributed by atoms with Crippen LogP contribution in [0.3, 0.4) is 0 Å². The molecule has 3 aromatic heterocycles. The topological polar surface area (TPSA) is 99.5 Å². The molecule has 11 heteroatoms. The number of hydrogen-bond donors (Lipinski definition) is 1. The van der Waals surface area contributed by atoms with Gasteiger partial charge in [0.1, 0.15) is 16.2 Å². The molecule has 5 heterocycles. The van der Waals surface area contributed by atoms with Gasteiger partial charge in [-0.05, 0) is 24.3 Å². The van der Waals surface area contributed by atoms with Gasteiger partial charge in [-0.2, -0.15) is 0 Å². The molecule has 2 fully saturated rings. The maximum atomic E-state index is 13.7. The van der Waals surface area contributed by atoms with E-state index in [4.69, 9.17) is 9.72 Å². The number of para-hydroxylation sites is 1. The summed E-state index contributed by atoms with van der Waals surface area (Å²) in [6.45, 7) is 8.35. The number of nitrogens with one attached hydrogen (secondary N) is 1. The van der Waals surface area contributed by atoms with E-state index in [0.717, 1.165) is 42.2 Å². The molecule has 2 amide bonds. The lowest BCUT2D eigenvalue weighted by Gasteiger charge is -2.34. The summed E-state index contributed by atoms with van der Waals surface area (Å²) in [6.07, 6.45) is 0. The average molecular weight is 535 g/mol. The molecule has 2 saturated heterocycles. The largest absolute Gasteiger partial charge is 0.378 e. The highest BCUT2D eigenvalue weighted by molar-refractivity contribution is 7.24. The number of aromatic nitrogens is 2. The second-order valence-electron chi connectivity index (χ2n) is 9.66. The van der Waals surface area contributed by atoms with E-state index >= 15 is 0 Å². The third kappa shape index (κ3) is 4.50. The fourth-order valence-corrected chi connectivity index (χ4v) is 6.43. The predicted octanol–water partition coefficient (Wildman–Crippen LogP) is 1.79. The van der Waals surface area contributed by atoms with E-state index in [1.165, 1.54) is 11.3 Å². The van der Waals surface area contributed by atoms with Gasteiger partial charge in [-0.25, -0.2) is 4.98 Å². The number of fused-ring (bicyclic) bond motifs is 5. The minimum absolute atomic E-state index is 0.0913. The van der Waals surface area contributed by atoms with Crippen LogP contribution in [0, 0.1) is 0 Å². The van der Waals surface area contributed by atoms with Crippen molar-refractivity contribution >= 4 is 55.0 Å². The molecular weight excluding hydrogens is 504 g/mol. The SMILES string of the molecule is CC(=O)N1CCN(CCNC(=O)c2c(=O)c3ccc(N4CCOCC4)nc3n3c2sc2ccccc23)CC1. The van der Waals surface area contributed by atoms with E-state index in [0.29, 0.717) is 55.3 Å². The molecule has 0 bridgehead atoms. The molecule has 0 unspecified atom stereocenters. The van der Waals surface area contributed by atoms with Crippen molar-refractivity contribution < 1.29 is 14.3 Å². The zero-order chi connectivity index (χ0) is 26.2. The van der Waals surface area contributed by atoms with Crippen LogP contribution in [-0.2, 0) is 9.53 Å². The zero-order valence-corrected chi connectivity index (χ0v) is 22.1. The first kappa shape index (κ1) is 24.8. The molecule has 4 aromatic rings. The van der Waals surface area contributed by atoms with Gasteiger partial charge in [0.15, 0.2) is 5.65 Å². The van der Waals surface area contributed by atoms with Gasteiger partial charge in [-0.1, -0.05) is 12.1 Å². The third-order valence-electron chi connectivity index (χ3n) is 7.37. The molecule has 1 aromatic carbocycles. The monoisotopic (exact) mass is 534 g/mol. The molecule has 0 saturated carbocycles. The number of nitrogens with zero attached hydrogens (tertiary/aromatic N) is 5. The number of amides is 2. The van der Waals surface area contributed by atoms with Crippen LogP contribution in [0.4, 0.5) is 5.82 Å². The number of thiazole rings is 1. The maximum Gasteiger partial charge on any atom is 0.258 e. The Morgan fingerprint density at radius 3 is 2.55 bits per heavy atom. The highest BCUT2D eigenvalue weighted by atomic mass is 32.1. The average Bonchev–Trinajstić information content (AvgIpc) is 3.33. The second-order valence-corrected chi connectivity index (χ2v) is 10.7. The summed E-state index contributed by atoms with van der Waals surface area (Å²) in [5.74, 6) is 0.514. The summed E-state index contributed by atoms with van der Waals surface area (Å²) >= 11 is 1.43. The molecule has 0 spiro atoms. The summed E-state index contributed by atoms with van der Waals surface area (Å²) < 4.78 is 8.42. The number of carbonyl (C=O) groups is 2. The van der Waals surface area contributed by atoms with Gasteiger partial charge in [0.05, 0.1) is 28.8 Å². The molecule has 0 atom stereocenters. The van der Waals surface area contributed by atoms with Crippen LogP contribution >= 0.6 is 11.3 Å². The van der Waals surface area contributed by atoms with Crippen molar-refractivity contribution in [3.63, 3.8) is 0 Å². The standard InChI is InChI=1S/C27H30N6O4S/c1-18(34)31-12-10-30(11-13-31)9-8-28-26(36)23-24(35)19-6-7-22(32-14-16-37-17-15-32)29-25(19)33-20-4-2-3-5-21(20)38-27(23)33/h2-7H,8-17H2,1H3,(H,28,36). The highest BCUT2D eigenvalue weighted by Crippen LogP contribution is 2.31. The van der Waals surface area contributed by atoms with Gasteiger partial charge >= 0.3 is 0 Å². The fourth-order valence-electron chi connectivity index (χ4n) is 5.25. The van der Waals surface area contributed by atoms with Gasteiger partial charge in [-0.15, -0.1) is 11.3 Å². The van der Waals surface area contributed by atoms with E-state index in [9.17, 15) is 14.4 Å². The van der Waals surface area contributed by atoms with Crippen LogP contribution in [0.15, 0.2) is 41.2 Å². The molecule has 6 rings (SSSR count). The third-order valence-corrected chi connectivity index (χ3v) is 8.51. The number of anilines is 1. The van der Waals surface area contributed by atoms with E-state index in [1.807, 2.05) is 39.6 Å². The normalized spacial score (nSPS) is 17.0. The molecule has 2 aliphatic heterocycles. The molecule has 1 N–H and O–H groups in total. The van der Waals surface area contributed by atoms with E-state index in [2.05, 4.69) is 15.1 Å². The Balaban J connectivity index is 1.33. The molecule has 38 heavy (non-hydrogen) atoms. The van der Waals surface area contributed by atoms with Crippen molar-refractivity contribution in [3.05, 3.63) is 52.2 Å². The van der Waals surface area contributed by atoms with E-state index < -0.39 is 0 Å². The number of pyridine rings is 2. The predicted molar refractivity (Wildman–Crippen MR) is 148 cm³/mol. The lowest BCUT2D eigenvalue weighted by molar-refractivity contribution is -0.130. The first-order chi connectivity index (χ1) is 18.5. The van der Waals surface area contributed by atoms with Crippen molar-refractivity contribution in [2.24, 2.45) is 0 Å². The smallest absolute Gasteiger partial charge is 0.258 e. The number of benzene rings is 1. The second kappa shape index (κ2) is 10.3. The zero-order valence-electron chi connectivity index (χ0n) is 21.3. The quantitative estimate of drug-likeness (QED) is 0.417. The minimum Gasteiger partial charge on any atom is -0.378 e. The first-order valence-electron chi connectivity index (χ1n) is 13.0. The highest BCUT2D eigenvalue weighted by Gasteiger charge is 2.24. The number of ether oxygens (including phenoxy) is 1. The molecule has 198 valence electrons. The molecule has 0 radical (unpaired) electrons. The minimum atomic E-state index is -0.374. The summed E-state index contributed by atoms with van der Waals surface area (Å²) in [4.78, 5) is 50.5. The first-order valence-corrected chi connectivity index (χ1v) is 13.8. The van der Waals surface area contributed by atoms with Crippen LogP contribution in [0.5, 0.6) is 0 Å². The van der Waals surface area contributed by atoms with Crippen molar-refractivity contribution in [1.82, 2.24) is 24.5 Å². The van der Waals surface area contributed by atoms with Crippen molar-refractivity contribution in [1.29, 1.82) is 0 Å². The number of carbonyl (C=O) groups excluding carboxylic acids is 2. The van der Waals surface area contributed by atoms with E-state index in [1.54, 1.807) is 13.0 Å². The van der Waals surface area contributed by atoms with Gasteiger partial charge in [0.25, 0.3) is 5.91 Å². The van der Waals surface area contributed by atoms with Crippen LogP contribution in [-0.4, -0.2) is 96.6 Å². The summed E-state index contributed by atoms with van der Waals surface area (Å²) in [5, 5.41) is 3.40. The van der Waals surface area contributed by atoms with Crippen molar-refractivity contribution in [2.45, 2.75) is 6.92 Å². The van der Waals surface area contributed by atoms with Crippen LogP contribution in [0.1, 0.15) is 17.3 Å². The molecular formula is C27H30N6O4S. The number of rotatable bonds is 5. The van der Waals surface area contributed by atoms with E-state index in [-0.39, 0.29) is 22.8 Å². The van der Waals surface area contributed by atoms with Gasteiger partial charge < -0.3 is 19.9 Å². The molecule has 0 aliphatic carbocycles. The lowest BCUT2D eigenvalue weighted by atomic mass is 10.1. The van der Waals surface area contributed by atoms with Gasteiger partial charge in [0, 0.05) is 59.3 Å². The van der Waals surface area contributed by atoms with Gasteiger partial charge in [0.2, 0.25) is 11.3 Å². The van der Waals surface area contributed by atoms with Gasteiger partial charge in [-0.3, -0.25) is 23.7 Å². The van der Waals surface area contributed by atoms with Crippen LogP contribution in [0.25, 0.3) is 26.1 Å². The van der Waals surface area contributed by atoms with Crippen molar-refractivity contribution in [2.75, 3.05) is 70.5 Å². The number of piperazine rings is 1. The Bertz CT molecular complexity index is 1580. The Hall–Kier alpha value is -3.54. The van der Waals surface area contributed by atoms with Crippen LogP contribution in [0.2, 0.25) is 0 Å². The number of hydrogen-bond acceptors (Lipinski definition) is 8.